The fourth-order valence-corrected chi connectivity index (χ4v) is 3.32. The van der Waals surface area contributed by atoms with Crippen molar-refractivity contribution in [3.8, 4) is 11.5 Å². The molecule has 0 atom stereocenters. The van der Waals surface area contributed by atoms with Crippen molar-refractivity contribution >= 4 is 0 Å². The third kappa shape index (κ3) is 6.36. The molecule has 0 bridgehead atoms. The lowest BCUT2D eigenvalue weighted by Crippen LogP contribution is -3.27. The summed E-state index contributed by atoms with van der Waals surface area (Å²) in [6.45, 7) is 7.92. The highest BCUT2D eigenvalue weighted by Gasteiger charge is 2.18. The predicted octanol–water partition coefficient (Wildman–Crippen LogP) is 0.838. The molecule has 0 spiro atoms. The second kappa shape index (κ2) is 10.2. The quantitative estimate of drug-likeness (QED) is 0.652. The van der Waals surface area contributed by atoms with Gasteiger partial charge < -0.3 is 19.3 Å². The molecular formula is C22H32N2O2+2. The molecule has 0 aliphatic carbocycles. The van der Waals surface area contributed by atoms with Crippen LogP contribution < -0.4 is 19.3 Å². The topological polar surface area (TPSA) is 27.3 Å². The van der Waals surface area contributed by atoms with Gasteiger partial charge in [0.2, 0.25) is 0 Å². The molecule has 140 valence electrons. The number of piperazine rings is 1. The van der Waals surface area contributed by atoms with Crippen molar-refractivity contribution in [2.24, 2.45) is 0 Å². The minimum absolute atomic E-state index is 0.594. The van der Waals surface area contributed by atoms with Crippen LogP contribution in [0.5, 0.6) is 11.5 Å². The maximum Gasteiger partial charge on any atom is 0.127 e. The van der Waals surface area contributed by atoms with Crippen LogP contribution in [0.25, 0.3) is 0 Å². The fraction of sp³-hybridized carbons (Fsp3) is 0.455. The minimum atomic E-state index is 0.594. The molecule has 2 aromatic carbocycles. The van der Waals surface area contributed by atoms with E-state index in [0.717, 1.165) is 24.5 Å². The van der Waals surface area contributed by atoms with Gasteiger partial charge >= 0.3 is 0 Å². The molecule has 1 aliphatic rings. The number of nitrogens with one attached hydrogen (secondary N) is 2. The molecule has 1 saturated heterocycles. The minimum Gasteiger partial charge on any atom is -0.494 e. The van der Waals surface area contributed by atoms with Crippen LogP contribution >= 0.6 is 0 Å². The zero-order valence-electron chi connectivity index (χ0n) is 15.9. The first-order chi connectivity index (χ1) is 12.8. The van der Waals surface area contributed by atoms with Crippen LogP contribution in [0, 0.1) is 0 Å². The van der Waals surface area contributed by atoms with Gasteiger partial charge in [-0.25, -0.2) is 0 Å². The van der Waals surface area contributed by atoms with E-state index in [1.54, 1.807) is 9.80 Å². The molecule has 0 saturated carbocycles. The number of hydrogen-bond donors (Lipinski definition) is 2. The van der Waals surface area contributed by atoms with E-state index in [2.05, 4.69) is 19.2 Å². The number of likely N-dealkylation sites (N-methyl/N-ethyl adjacent to an activating group) is 1. The Kier molecular flexibility index (Phi) is 7.35. The SMILES string of the molecule is C[NH+]1CC[NH+](CCCCOc2ccc(OCc3ccccc3)cc2)CC1. The molecule has 2 aromatic rings. The zero-order chi connectivity index (χ0) is 18.0. The highest BCUT2D eigenvalue weighted by molar-refractivity contribution is 5.31. The maximum atomic E-state index is 5.86. The number of unbranched alkanes of at least 4 members (excludes halogenated alkanes) is 1. The summed E-state index contributed by atoms with van der Waals surface area (Å²) in [6.07, 6.45) is 2.37. The first-order valence-electron chi connectivity index (χ1n) is 9.84. The first-order valence-corrected chi connectivity index (χ1v) is 9.84. The summed E-state index contributed by atoms with van der Waals surface area (Å²) in [5.41, 5.74) is 1.18. The Morgan fingerprint density at radius 3 is 2.12 bits per heavy atom. The highest BCUT2D eigenvalue weighted by atomic mass is 16.5. The van der Waals surface area contributed by atoms with Crippen LogP contribution in [0.4, 0.5) is 0 Å². The lowest BCUT2D eigenvalue weighted by molar-refractivity contribution is -1.00. The molecular weight excluding hydrogens is 324 g/mol. The standard InChI is InChI=1S/C22H30N2O2/c1-23-14-16-24(17-15-23)13-5-6-18-25-21-9-11-22(12-10-21)26-19-20-7-3-2-4-8-20/h2-4,7-12H,5-6,13-19H2,1H3/p+2. The number of quaternary nitrogens is 2. The Labute approximate surface area is 157 Å². The third-order valence-corrected chi connectivity index (χ3v) is 5.08. The third-order valence-electron chi connectivity index (χ3n) is 5.08. The Morgan fingerprint density at radius 2 is 1.42 bits per heavy atom. The molecule has 2 N–H and O–H groups in total. The highest BCUT2D eigenvalue weighted by Crippen LogP contribution is 2.18. The Bertz CT molecular complexity index is 622. The van der Waals surface area contributed by atoms with Gasteiger partial charge in [-0.2, -0.15) is 0 Å². The summed E-state index contributed by atoms with van der Waals surface area (Å²) in [5, 5.41) is 0. The van der Waals surface area contributed by atoms with E-state index >= 15 is 0 Å². The Hall–Kier alpha value is -2.04. The van der Waals surface area contributed by atoms with Crippen molar-refractivity contribution in [1.82, 2.24) is 0 Å². The van der Waals surface area contributed by atoms with Crippen molar-refractivity contribution in [1.29, 1.82) is 0 Å². The maximum absolute atomic E-state index is 5.86. The molecule has 26 heavy (non-hydrogen) atoms. The van der Waals surface area contributed by atoms with Crippen molar-refractivity contribution < 1.29 is 19.3 Å². The van der Waals surface area contributed by atoms with E-state index < -0.39 is 0 Å². The van der Waals surface area contributed by atoms with E-state index in [-0.39, 0.29) is 0 Å². The lowest BCUT2D eigenvalue weighted by Gasteiger charge is -2.27. The van der Waals surface area contributed by atoms with Crippen LogP contribution in [0.2, 0.25) is 0 Å². The largest absolute Gasteiger partial charge is 0.494 e. The molecule has 4 heteroatoms. The molecule has 1 heterocycles. The van der Waals surface area contributed by atoms with Gasteiger partial charge in [0.05, 0.1) is 20.2 Å². The Morgan fingerprint density at radius 1 is 0.769 bits per heavy atom. The number of ether oxygens (including phenoxy) is 2. The molecule has 1 aliphatic heterocycles. The molecule has 0 amide bonds. The molecule has 0 radical (unpaired) electrons. The summed E-state index contributed by atoms with van der Waals surface area (Å²) in [5.74, 6) is 1.80. The van der Waals surface area contributed by atoms with E-state index in [9.17, 15) is 0 Å². The summed E-state index contributed by atoms with van der Waals surface area (Å²) in [6, 6.07) is 18.2. The van der Waals surface area contributed by atoms with Crippen LogP contribution in [0.1, 0.15) is 18.4 Å². The van der Waals surface area contributed by atoms with Crippen molar-refractivity contribution in [3.05, 3.63) is 60.2 Å². The molecule has 1 fully saturated rings. The monoisotopic (exact) mass is 356 g/mol. The van der Waals surface area contributed by atoms with Gasteiger partial charge in [0.1, 0.15) is 44.3 Å². The molecule has 4 nitrogen and oxygen atoms in total. The van der Waals surface area contributed by atoms with Gasteiger partial charge in [-0.3, -0.25) is 0 Å². The normalized spacial score (nSPS) is 19.9. The number of benzene rings is 2. The predicted molar refractivity (Wildman–Crippen MR) is 104 cm³/mol. The van der Waals surface area contributed by atoms with E-state index in [1.807, 2.05) is 42.5 Å². The van der Waals surface area contributed by atoms with Crippen LogP contribution in [0.3, 0.4) is 0 Å². The van der Waals surface area contributed by atoms with Gasteiger partial charge in [0.15, 0.2) is 0 Å². The Balaban J connectivity index is 1.29. The molecule has 3 rings (SSSR count). The van der Waals surface area contributed by atoms with Crippen LogP contribution in [-0.4, -0.2) is 46.4 Å². The van der Waals surface area contributed by atoms with E-state index in [0.29, 0.717) is 6.61 Å². The van der Waals surface area contributed by atoms with Crippen molar-refractivity contribution in [2.75, 3.05) is 46.4 Å². The number of rotatable bonds is 9. The summed E-state index contributed by atoms with van der Waals surface area (Å²) < 4.78 is 11.7. The average Bonchev–Trinajstić information content (AvgIpc) is 2.69. The first kappa shape index (κ1) is 18.7. The number of hydrogen-bond acceptors (Lipinski definition) is 2. The summed E-state index contributed by atoms with van der Waals surface area (Å²) in [7, 11) is 2.29. The van der Waals surface area contributed by atoms with E-state index in [4.69, 9.17) is 9.47 Å². The van der Waals surface area contributed by atoms with Gasteiger partial charge in [0.25, 0.3) is 0 Å². The van der Waals surface area contributed by atoms with Gasteiger partial charge in [-0.05, 0) is 42.7 Å². The van der Waals surface area contributed by atoms with Gasteiger partial charge in [-0.1, -0.05) is 30.3 Å². The lowest BCUT2D eigenvalue weighted by atomic mass is 10.2. The smallest absolute Gasteiger partial charge is 0.127 e. The van der Waals surface area contributed by atoms with Crippen molar-refractivity contribution in [3.63, 3.8) is 0 Å². The van der Waals surface area contributed by atoms with Crippen LogP contribution in [0.15, 0.2) is 54.6 Å². The fourth-order valence-electron chi connectivity index (χ4n) is 3.32. The second-order valence-corrected chi connectivity index (χ2v) is 7.26. The van der Waals surface area contributed by atoms with Gasteiger partial charge in [-0.15, -0.1) is 0 Å². The second-order valence-electron chi connectivity index (χ2n) is 7.26. The van der Waals surface area contributed by atoms with E-state index in [1.165, 1.54) is 44.7 Å². The summed E-state index contributed by atoms with van der Waals surface area (Å²) in [4.78, 5) is 3.43. The summed E-state index contributed by atoms with van der Waals surface area (Å²) >= 11 is 0. The molecule has 0 unspecified atom stereocenters. The van der Waals surface area contributed by atoms with Crippen LogP contribution in [-0.2, 0) is 6.61 Å². The van der Waals surface area contributed by atoms with Gasteiger partial charge in [0, 0.05) is 0 Å². The molecule has 0 aromatic heterocycles. The zero-order valence-corrected chi connectivity index (χ0v) is 15.9. The average molecular weight is 357 g/mol. The van der Waals surface area contributed by atoms with Crippen molar-refractivity contribution in [2.45, 2.75) is 19.4 Å².